The third kappa shape index (κ3) is 3.68. The summed E-state index contributed by atoms with van der Waals surface area (Å²) in [7, 11) is 4.08. The molecule has 0 bridgehead atoms. The van der Waals surface area contributed by atoms with E-state index in [0.717, 1.165) is 45.6 Å². The van der Waals surface area contributed by atoms with Crippen LogP contribution in [-0.4, -0.2) is 85.7 Å². The number of rotatable bonds is 5. The second kappa shape index (κ2) is 6.20. The SMILES string of the molecule is CN1CCN(C(=O)CN(C)CC2(CO)CCC2)CC1. The molecule has 1 saturated carbocycles. The van der Waals surface area contributed by atoms with Gasteiger partial charge in [0.05, 0.1) is 6.54 Å². The molecule has 0 unspecified atom stereocenters. The lowest BCUT2D eigenvalue weighted by Crippen LogP contribution is -2.51. The Morgan fingerprint density at radius 1 is 1.26 bits per heavy atom. The van der Waals surface area contributed by atoms with Gasteiger partial charge in [0.2, 0.25) is 5.91 Å². The molecule has 2 aliphatic rings. The number of carbonyl (C=O) groups excluding carboxylic acids is 1. The summed E-state index contributed by atoms with van der Waals surface area (Å²) in [5.41, 5.74) is 0.0666. The molecule has 5 heteroatoms. The summed E-state index contributed by atoms with van der Waals surface area (Å²) in [6, 6.07) is 0. The van der Waals surface area contributed by atoms with Crippen LogP contribution in [0.4, 0.5) is 0 Å². The highest BCUT2D eigenvalue weighted by molar-refractivity contribution is 5.78. The van der Waals surface area contributed by atoms with E-state index in [1.54, 1.807) is 0 Å². The van der Waals surface area contributed by atoms with Gasteiger partial charge in [0.25, 0.3) is 0 Å². The van der Waals surface area contributed by atoms with E-state index < -0.39 is 0 Å². The van der Waals surface area contributed by atoms with Gasteiger partial charge in [-0.2, -0.15) is 0 Å². The lowest BCUT2D eigenvalue weighted by molar-refractivity contribution is -0.134. The van der Waals surface area contributed by atoms with Gasteiger partial charge in [0, 0.05) is 44.7 Å². The third-order valence-corrected chi connectivity index (χ3v) is 4.62. The Labute approximate surface area is 116 Å². The van der Waals surface area contributed by atoms with Gasteiger partial charge in [-0.25, -0.2) is 0 Å². The van der Waals surface area contributed by atoms with Crippen LogP contribution in [0, 0.1) is 5.41 Å². The van der Waals surface area contributed by atoms with Gasteiger partial charge >= 0.3 is 0 Å². The summed E-state index contributed by atoms with van der Waals surface area (Å²) in [6.07, 6.45) is 3.40. The van der Waals surface area contributed by atoms with Crippen LogP contribution >= 0.6 is 0 Å². The minimum atomic E-state index is 0.0666. The van der Waals surface area contributed by atoms with Crippen molar-refractivity contribution in [1.82, 2.24) is 14.7 Å². The molecule has 0 aromatic heterocycles. The van der Waals surface area contributed by atoms with E-state index >= 15 is 0 Å². The first-order chi connectivity index (χ1) is 9.04. The van der Waals surface area contributed by atoms with Crippen molar-refractivity contribution in [1.29, 1.82) is 0 Å². The molecule has 1 aliphatic heterocycles. The second-order valence-corrected chi connectivity index (χ2v) is 6.37. The molecule has 19 heavy (non-hydrogen) atoms. The van der Waals surface area contributed by atoms with E-state index in [0.29, 0.717) is 6.54 Å². The fraction of sp³-hybridized carbons (Fsp3) is 0.929. The Balaban J connectivity index is 1.75. The highest BCUT2D eigenvalue weighted by atomic mass is 16.3. The number of hydrogen-bond acceptors (Lipinski definition) is 4. The Hall–Kier alpha value is -0.650. The Morgan fingerprint density at radius 3 is 2.37 bits per heavy atom. The molecule has 0 aromatic rings. The van der Waals surface area contributed by atoms with Crippen molar-refractivity contribution in [2.45, 2.75) is 19.3 Å². The molecule has 1 heterocycles. The number of likely N-dealkylation sites (N-methyl/N-ethyl adjacent to an activating group) is 2. The van der Waals surface area contributed by atoms with Gasteiger partial charge in [-0.05, 0) is 26.9 Å². The molecule has 0 radical (unpaired) electrons. The first-order valence-corrected chi connectivity index (χ1v) is 7.30. The zero-order chi connectivity index (χ0) is 13.9. The van der Waals surface area contributed by atoms with Crippen molar-refractivity contribution in [3.8, 4) is 0 Å². The molecule has 1 amide bonds. The zero-order valence-corrected chi connectivity index (χ0v) is 12.3. The van der Waals surface area contributed by atoms with E-state index in [1.165, 1.54) is 6.42 Å². The van der Waals surface area contributed by atoms with Crippen molar-refractivity contribution >= 4 is 5.91 Å². The van der Waals surface area contributed by atoms with E-state index in [9.17, 15) is 9.90 Å². The van der Waals surface area contributed by atoms with Crippen molar-refractivity contribution in [2.75, 3.05) is 60.0 Å². The maximum absolute atomic E-state index is 12.2. The standard InChI is InChI=1S/C14H27N3O2/c1-15-6-8-17(9-7-15)13(19)10-16(2)11-14(12-18)4-3-5-14/h18H,3-12H2,1-2H3. The number of carbonyl (C=O) groups is 1. The minimum Gasteiger partial charge on any atom is -0.396 e. The van der Waals surface area contributed by atoms with Gasteiger partial charge in [-0.3, -0.25) is 9.69 Å². The number of amides is 1. The van der Waals surface area contributed by atoms with Gasteiger partial charge in [-0.1, -0.05) is 6.42 Å². The van der Waals surface area contributed by atoms with Crippen molar-refractivity contribution in [3.05, 3.63) is 0 Å². The summed E-state index contributed by atoms with van der Waals surface area (Å²) in [5, 5.41) is 9.47. The van der Waals surface area contributed by atoms with Crippen LogP contribution in [0.25, 0.3) is 0 Å². The summed E-state index contributed by atoms with van der Waals surface area (Å²) in [6.45, 7) is 5.18. The van der Waals surface area contributed by atoms with Crippen LogP contribution in [0.15, 0.2) is 0 Å². The number of aliphatic hydroxyl groups excluding tert-OH is 1. The molecule has 1 aliphatic carbocycles. The highest BCUT2D eigenvalue weighted by Crippen LogP contribution is 2.40. The zero-order valence-electron chi connectivity index (χ0n) is 12.3. The first-order valence-electron chi connectivity index (χ1n) is 7.30. The van der Waals surface area contributed by atoms with E-state index in [-0.39, 0.29) is 17.9 Å². The predicted octanol–water partition coefficient (Wildman–Crippen LogP) is -0.145. The quantitative estimate of drug-likeness (QED) is 0.754. The van der Waals surface area contributed by atoms with Crippen LogP contribution in [0.3, 0.4) is 0 Å². The van der Waals surface area contributed by atoms with Gasteiger partial charge in [0.15, 0.2) is 0 Å². The first kappa shape index (κ1) is 14.8. The molecule has 0 spiro atoms. The molecular weight excluding hydrogens is 242 g/mol. The summed E-state index contributed by atoms with van der Waals surface area (Å²) >= 11 is 0. The van der Waals surface area contributed by atoms with Crippen LogP contribution in [0.1, 0.15) is 19.3 Å². The topological polar surface area (TPSA) is 47.0 Å². The van der Waals surface area contributed by atoms with Crippen LogP contribution in [-0.2, 0) is 4.79 Å². The monoisotopic (exact) mass is 269 g/mol. The Kier molecular flexibility index (Phi) is 4.81. The molecule has 2 fully saturated rings. The average Bonchev–Trinajstić information content (AvgIpc) is 2.34. The molecule has 5 nitrogen and oxygen atoms in total. The maximum atomic E-state index is 12.2. The lowest BCUT2D eigenvalue weighted by atomic mass is 9.69. The normalized spacial score (nSPS) is 23.5. The molecular formula is C14H27N3O2. The summed E-state index contributed by atoms with van der Waals surface area (Å²) < 4.78 is 0. The largest absolute Gasteiger partial charge is 0.396 e. The smallest absolute Gasteiger partial charge is 0.236 e. The minimum absolute atomic E-state index is 0.0666. The highest BCUT2D eigenvalue weighted by Gasteiger charge is 2.37. The summed E-state index contributed by atoms with van der Waals surface area (Å²) in [4.78, 5) is 18.5. The van der Waals surface area contributed by atoms with E-state index in [4.69, 9.17) is 0 Å². The Morgan fingerprint density at radius 2 is 1.89 bits per heavy atom. The van der Waals surface area contributed by atoms with Crippen LogP contribution < -0.4 is 0 Å². The van der Waals surface area contributed by atoms with E-state index in [1.807, 2.05) is 11.9 Å². The van der Waals surface area contributed by atoms with Crippen molar-refractivity contribution in [2.24, 2.45) is 5.41 Å². The number of hydrogen-bond donors (Lipinski definition) is 1. The summed E-state index contributed by atoms with van der Waals surface area (Å²) in [5.74, 6) is 0.225. The fourth-order valence-electron chi connectivity index (χ4n) is 3.06. The number of nitrogens with zero attached hydrogens (tertiary/aromatic N) is 3. The van der Waals surface area contributed by atoms with E-state index in [2.05, 4.69) is 16.8 Å². The fourth-order valence-corrected chi connectivity index (χ4v) is 3.06. The van der Waals surface area contributed by atoms with Gasteiger partial charge in [0.1, 0.15) is 0 Å². The van der Waals surface area contributed by atoms with Gasteiger partial charge in [-0.15, -0.1) is 0 Å². The second-order valence-electron chi connectivity index (χ2n) is 6.37. The van der Waals surface area contributed by atoms with Crippen molar-refractivity contribution in [3.63, 3.8) is 0 Å². The predicted molar refractivity (Wildman–Crippen MR) is 74.9 cm³/mol. The molecule has 2 rings (SSSR count). The van der Waals surface area contributed by atoms with Crippen LogP contribution in [0.5, 0.6) is 0 Å². The molecule has 1 saturated heterocycles. The van der Waals surface area contributed by atoms with Crippen molar-refractivity contribution < 1.29 is 9.90 Å². The molecule has 1 N–H and O–H groups in total. The maximum Gasteiger partial charge on any atom is 0.236 e. The third-order valence-electron chi connectivity index (χ3n) is 4.62. The van der Waals surface area contributed by atoms with Crippen LogP contribution in [0.2, 0.25) is 0 Å². The lowest BCUT2D eigenvalue weighted by Gasteiger charge is -2.43. The Bertz CT molecular complexity index is 304. The molecule has 110 valence electrons. The molecule has 0 aromatic carbocycles. The van der Waals surface area contributed by atoms with Gasteiger partial charge < -0.3 is 14.9 Å². The average molecular weight is 269 g/mol. The number of aliphatic hydroxyl groups is 1. The molecule has 0 atom stereocenters. The number of piperazine rings is 1.